The lowest BCUT2D eigenvalue weighted by molar-refractivity contribution is -0.131. The first-order valence-electron chi connectivity index (χ1n) is 10.1. The maximum Gasteiger partial charge on any atom is 0.163 e. The Kier molecular flexibility index (Phi) is 7.27. The lowest BCUT2D eigenvalue weighted by Gasteiger charge is -2.27. The molecule has 3 heteroatoms. The van der Waals surface area contributed by atoms with Crippen molar-refractivity contribution in [1.82, 2.24) is 0 Å². The van der Waals surface area contributed by atoms with E-state index in [2.05, 4.69) is 45.1 Å². The van der Waals surface area contributed by atoms with Crippen molar-refractivity contribution >= 4 is 5.78 Å². The minimum Gasteiger partial charge on any atom is -0.496 e. The van der Waals surface area contributed by atoms with E-state index < -0.39 is 0 Å². The van der Waals surface area contributed by atoms with Crippen molar-refractivity contribution in [3.63, 3.8) is 0 Å². The van der Waals surface area contributed by atoms with Gasteiger partial charge in [0.15, 0.2) is 5.78 Å². The highest BCUT2D eigenvalue weighted by molar-refractivity contribution is 5.84. The van der Waals surface area contributed by atoms with Crippen molar-refractivity contribution in [3.8, 4) is 0 Å². The van der Waals surface area contributed by atoms with Crippen LogP contribution in [0.25, 0.3) is 0 Å². The summed E-state index contributed by atoms with van der Waals surface area (Å²) in [5.41, 5.74) is 4.35. The molecule has 0 aromatic heterocycles. The Morgan fingerprint density at radius 3 is 1.96 bits per heavy atom. The van der Waals surface area contributed by atoms with Crippen LogP contribution in [0.5, 0.6) is 0 Å². The van der Waals surface area contributed by atoms with Gasteiger partial charge in [-0.3, -0.25) is 4.79 Å². The van der Waals surface area contributed by atoms with Gasteiger partial charge in [0, 0.05) is 11.8 Å². The van der Waals surface area contributed by atoms with Crippen LogP contribution in [0.2, 0.25) is 0 Å². The Bertz CT molecular complexity index is 661. The summed E-state index contributed by atoms with van der Waals surface area (Å²) in [6.07, 6.45) is 13.1. The highest BCUT2D eigenvalue weighted by Crippen LogP contribution is 2.36. The third-order valence-electron chi connectivity index (χ3n) is 5.22. The molecule has 0 N–H and O–H groups in total. The number of Topliss-reactive ketones (excluding diaryl/α,β-unsaturated/α-hetero) is 1. The summed E-state index contributed by atoms with van der Waals surface area (Å²) in [6, 6.07) is 0. The van der Waals surface area contributed by atoms with Gasteiger partial charge in [-0.1, -0.05) is 65.3 Å². The lowest BCUT2D eigenvalue weighted by atomic mass is 9.79. The van der Waals surface area contributed by atoms with E-state index >= 15 is 0 Å². The van der Waals surface area contributed by atoms with E-state index in [9.17, 15) is 4.79 Å². The molecule has 0 aromatic carbocycles. The zero-order valence-corrected chi connectivity index (χ0v) is 18.0. The third-order valence-corrected chi connectivity index (χ3v) is 5.22. The van der Waals surface area contributed by atoms with E-state index in [0.29, 0.717) is 13.2 Å². The van der Waals surface area contributed by atoms with Crippen LogP contribution in [-0.2, 0) is 14.3 Å². The fourth-order valence-electron chi connectivity index (χ4n) is 3.15. The molecule has 27 heavy (non-hydrogen) atoms. The number of carbonyl (C=O) groups excluding carboxylic acids is 1. The normalized spacial score (nSPS) is 18.3. The molecule has 0 atom stereocenters. The molecule has 0 fully saturated rings. The fraction of sp³-hybridized carbons (Fsp3) is 0.625. The second kappa shape index (κ2) is 9.05. The van der Waals surface area contributed by atoms with Gasteiger partial charge in [-0.05, 0) is 41.9 Å². The van der Waals surface area contributed by atoms with E-state index in [1.807, 2.05) is 20.8 Å². The quantitative estimate of drug-likeness (QED) is 0.519. The van der Waals surface area contributed by atoms with Crippen LogP contribution in [0, 0.1) is 10.8 Å². The van der Waals surface area contributed by atoms with E-state index in [4.69, 9.17) is 9.47 Å². The minimum absolute atomic E-state index is 0.122. The largest absolute Gasteiger partial charge is 0.496 e. The molecular weight excluding hydrogens is 336 g/mol. The van der Waals surface area contributed by atoms with Crippen LogP contribution in [-0.4, -0.2) is 25.6 Å². The molecule has 0 spiro atoms. The average Bonchev–Trinajstić information content (AvgIpc) is 2.60. The molecule has 0 aromatic rings. The maximum atomic E-state index is 11.8. The Morgan fingerprint density at radius 1 is 0.852 bits per heavy atom. The lowest BCUT2D eigenvalue weighted by Crippen LogP contribution is -2.25. The number of carbonyl (C=O) groups is 1. The Labute approximate surface area is 165 Å². The van der Waals surface area contributed by atoms with Crippen LogP contribution < -0.4 is 0 Å². The van der Waals surface area contributed by atoms with Crippen molar-refractivity contribution in [3.05, 3.63) is 46.8 Å². The second-order valence-corrected chi connectivity index (χ2v) is 9.53. The van der Waals surface area contributed by atoms with Gasteiger partial charge in [0.1, 0.15) is 13.2 Å². The first kappa shape index (κ1) is 21.7. The maximum absolute atomic E-state index is 11.8. The molecule has 0 bridgehead atoms. The summed E-state index contributed by atoms with van der Waals surface area (Å²) >= 11 is 0. The molecule has 150 valence electrons. The van der Waals surface area contributed by atoms with Gasteiger partial charge in [0.2, 0.25) is 0 Å². The molecule has 0 heterocycles. The molecule has 3 nitrogen and oxygen atoms in total. The molecule has 0 amide bonds. The summed E-state index contributed by atoms with van der Waals surface area (Å²) < 4.78 is 11.2. The van der Waals surface area contributed by atoms with Gasteiger partial charge in [-0.15, -0.1) is 0 Å². The summed E-state index contributed by atoms with van der Waals surface area (Å²) in [7, 11) is 0. The Morgan fingerprint density at radius 2 is 1.48 bits per heavy atom. The number of allylic oxidation sites excluding steroid dienone is 8. The third kappa shape index (κ3) is 6.80. The average molecular weight is 373 g/mol. The van der Waals surface area contributed by atoms with Gasteiger partial charge < -0.3 is 9.47 Å². The van der Waals surface area contributed by atoms with Crippen LogP contribution >= 0.6 is 0 Å². The molecule has 2 rings (SSSR count). The van der Waals surface area contributed by atoms with Gasteiger partial charge in [-0.25, -0.2) is 0 Å². The topological polar surface area (TPSA) is 35.5 Å². The van der Waals surface area contributed by atoms with Crippen LogP contribution in [0.3, 0.4) is 0 Å². The molecule has 2 aliphatic carbocycles. The van der Waals surface area contributed by atoms with Crippen LogP contribution in [0.4, 0.5) is 0 Å². The monoisotopic (exact) mass is 372 g/mol. The Balaban J connectivity index is 1.77. The summed E-state index contributed by atoms with van der Waals surface area (Å²) in [6.45, 7) is 13.7. The zero-order valence-electron chi connectivity index (χ0n) is 18.0. The van der Waals surface area contributed by atoms with Crippen molar-refractivity contribution in [2.75, 3.05) is 19.8 Å². The van der Waals surface area contributed by atoms with Crippen molar-refractivity contribution in [1.29, 1.82) is 0 Å². The number of ketones is 1. The smallest absolute Gasteiger partial charge is 0.163 e. The first-order chi connectivity index (χ1) is 12.6. The zero-order chi connectivity index (χ0) is 20.1. The summed E-state index contributed by atoms with van der Waals surface area (Å²) in [5.74, 6) is 1.13. The van der Waals surface area contributed by atoms with E-state index in [1.165, 1.54) is 16.7 Å². The molecule has 2 aliphatic rings. The number of rotatable bonds is 7. The predicted molar refractivity (Wildman–Crippen MR) is 111 cm³/mol. The number of hydrogen-bond acceptors (Lipinski definition) is 3. The van der Waals surface area contributed by atoms with E-state index in [1.54, 1.807) is 0 Å². The SMILES string of the molecule is CC(C)(C)C(=O)COCCOC1=CC=C(C2=CC=C(C(C)(C)C)CC2)CC1. The fourth-order valence-corrected chi connectivity index (χ4v) is 3.15. The predicted octanol–water partition coefficient (Wildman–Crippen LogP) is 5.93. The first-order valence-corrected chi connectivity index (χ1v) is 10.1. The molecule has 0 saturated carbocycles. The standard InChI is InChI=1S/C24H36O3/c1-23(2,3)20-11-7-18(8-12-20)19-9-13-21(14-10-19)27-16-15-26-17-22(25)24(4,5)6/h7,9,11,13H,8,10,12,14-17H2,1-6H3. The van der Waals surface area contributed by atoms with Crippen molar-refractivity contribution < 1.29 is 14.3 Å². The highest BCUT2D eigenvalue weighted by Gasteiger charge is 2.21. The summed E-state index contributed by atoms with van der Waals surface area (Å²) in [4.78, 5) is 11.8. The molecule has 0 radical (unpaired) electrons. The van der Waals surface area contributed by atoms with Crippen molar-refractivity contribution in [2.45, 2.75) is 67.2 Å². The van der Waals surface area contributed by atoms with E-state index in [-0.39, 0.29) is 23.2 Å². The second-order valence-electron chi connectivity index (χ2n) is 9.53. The number of hydrogen-bond donors (Lipinski definition) is 0. The molecule has 0 unspecified atom stereocenters. The molecule has 0 aliphatic heterocycles. The summed E-state index contributed by atoms with van der Waals surface area (Å²) in [5, 5.41) is 0. The molecular formula is C24H36O3. The van der Waals surface area contributed by atoms with E-state index in [0.717, 1.165) is 31.4 Å². The molecule has 0 saturated heterocycles. The van der Waals surface area contributed by atoms with Crippen LogP contribution in [0.15, 0.2) is 46.8 Å². The Hall–Kier alpha value is -1.61. The number of ether oxygens (including phenoxy) is 2. The van der Waals surface area contributed by atoms with Gasteiger partial charge in [0.25, 0.3) is 0 Å². The van der Waals surface area contributed by atoms with Gasteiger partial charge in [0.05, 0.1) is 12.4 Å². The van der Waals surface area contributed by atoms with Gasteiger partial charge in [-0.2, -0.15) is 0 Å². The highest BCUT2D eigenvalue weighted by atomic mass is 16.5. The van der Waals surface area contributed by atoms with Gasteiger partial charge >= 0.3 is 0 Å². The van der Waals surface area contributed by atoms with Crippen LogP contribution in [0.1, 0.15) is 67.2 Å². The van der Waals surface area contributed by atoms with Crippen molar-refractivity contribution in [2.24, 2.45) is 10.8 Å². The minimum atomic E-state index is -0.343.